The Morgan fingerprint density at radius 2 is 2.05 bits per heavy atom. The molecule has 2 unspecified atom stereocenters. The van der Waals surface area contributed by atoms with Crippen LogP contribution in [0, 0.1) is 0 Å². The molecule has 0 aromatic carbocycles. The molecule has 1 fully saturated rings. The summed E-state index contributed by atoms with van der Waals surface area (Å²) in [5.74, 6) is 0.138. The molecule has 0 saturated carbocycles. The smallest absolute Gasteiger partial charge is 0.410 e. The summed E-state index contributed by atoms with van der Waals surface area (Å²) in [4.78, 5) is 17.9. The highest BCUT2D eigenvalue weighted by molar-refractivity contribution is 5.68. The van der Waals surface area contributed by atoms with E-state index in [1.165, 1.54) is 0 Å². The summed E-state index contributed by atoms with van der Waals surface area (Å²) in [5, 5.41) is 0. The molecule has 110 valence electrons. The number of nitrogens with two attached hydrogens (primary N) is 1. The van der Waals surface area contributed by atoms with Crippen LogP contribution in [0.4, 0.5) is 4.79 Å². The van der Waals surface area contributed by atoms with Gasteiger partial charge in [-0.05, 0) is 44.9 Å². The van der Waals surface area contributed by atoms with Gasteiger partial charge < -0.3 is 15.4 Å². The molecule has 1 aliphatic heterocycles. The summed E-state index contributed by atoms with van der Waals surface area (Å²) < 4.78 is 5.43. The average molecular weight is 277 g/mol. The van der Waals surface area contributed by atoms with Gasteiger partial charge in [-0.1, -0.05) is 0 Å². The molecule has 2 N–H and O–H groups in total. The van der Waals surface area contributed by atoms with Crippen LogP contribution in [0.1, 0.15) is 38.7 Å². The largest absolute Gasteiger partial charge is 0.444 e. The van der Waals surface area contributed by atoms with Gasteiger partial charge in [0.15, 0.2) is 0 Å². The highest BCUT2D eigenvalue weighted by Gasteiger charge is 2.32. The first-order valence-corrected chi connectivity index (χ1v) is 7.00. The number of carbonyl (C=O) groups excluding carboxylic acids is 1. The summed E-state index contributed by atoms with van der Waals surface area (Å²) in [5.41, 5.74) is 6.86. The predicted octanol–water partition coefficient (Wildman–Crippen LogP) is 2.13. The molecule has 5 heteroatoms. The summed E-state index contributed by atoms with van der Waals surface area (Å²) >= 11 is 0. The normalized spacial score (nSPS) is 23.5. The number of nitrogens with zero attached hydrogens (tertiary/aromatic N) is 2. The second-order valence-electron chi connectivity index (χ2n) is 6.27. The number of hydrogen-bond acceptors (Lipinski definition) is 4. The molecular weight excluding hydrogens is 254 g/mol. The Morgan fingerprint density at radius 1 is 1.40 bits per heavy atom. The SMILES string of the molecule is CC(C)(C)OC(=O)N1CCC(N)C(c2ccncc2)C1. The summed E-state index contributed by atoms with van der Waals surface area (Å²) in [6.07, 6.45) is 4.04. The summed E-state index contributed by atoms with van der Waals surface area (Å²) in [6, 6.07) is 3.99. The van der Waals surface area contributed by atoms with Gasteiger partial charge in [-0.15, -0.1) is 0 Å². The van der Waals surface area contributed by atoms with Crippen molar-refractivity contribution in [1.82, 2.24) is 9.88 Å². The monoisotopic (exact) mass is 277 g/mol. The molecule has 0 bridgehead atoms. The number of aromatic nitrogens is 1. The maximum absolute atomic E-state index is 12.1. The van der Waals surface area contributed by atoms with Crippen LogP contribution in [0.15, 0.2) is 24.5 Å². The molecule has 2 heterocycles. The van der Waals surface area contributed by atoms with Crippen molar-refractivity contribution in [3.8, 4) is 0 Å². The van der Waals surface area contributed by atoms with Crippen LogP contribution in [-0.4, -0.2) is 40.7 Å². The van der Waals surface area contributed by atoms with Gasteiger partial charge in [-0.2, -0.15) is 0 Å². The summed E-state index contributed by atoms with van der Waals surface area (Å²) in [7, 11) is 0. The Morgan fingerprint density at radius 3 is 2.65 bits per heavy atom. The van der Waals surface area contributed by atoms with Gasteiger partial charge in [0.25, 0.3) is 0 Å². The zero-order chi connectivity index (χ0) is 14.8. The minimum absolute atomic E-state index is 0.0658. The number of pyridine rings is 1. The molecule has 5 nitrogen and oxygen atoms in total. The third-order valence-electron chi connectivity index (χ3n) is 3.45. The van der Waals surface area contributed by atoms with Crippen molar-refractivity contribution in [2.24, 2.45) is 5.73 Å². The van der Waals surface area contributed by atoms with Crippen molar-refractivity contribution in [2.45, 2.75) is 44.8 Å². The fourth-order valence-corrected chi connectivity index (χ4v) is 2.43. The molecule has 1 aromatic rings. The van der Waals surface area contributed by atoms with E-state index >= 15 is 0 Å². The Hall–Kier alpha value is -1.62. The highest BCUT2D eigenvalue weighted by Crippen LogP contribution is 2.26. The number of likely N-dealkylation sites (tertiary alicyclic amines) is 1. The van der Waals surface area contributed by atoms with Gasteiger partial charge in [-0.3, -0.25) is 4.98 Å². The molecular formula is C15H23N3O2. The zero-order valence-electron chi connectivity index (χ0n) is 12.4. The number of carbonyl (C=O) groups is 1. The number of ether oxygens (including phenoxy) is 1. The van der Waals surface area contributed by atoms with Crippen LogP contribution < -0.4 is 5.73 Å². The van der Waals surface area contributed by atoms with Crippen molar-refractivity contribution in [3.63, 3.8) is 0 Å². The molecule has 0 radical (unpaired) electrons. The molecule has 2 atom stereocenters. The van der Waals surface area contributed by atoms with Crippen LogP contribution in [0.3, 0.4) is 0 Å². The van der Waals surface area contributed by atoms with Gasteiger partial charge in [0, 0.05) is 37.4 Å². The quantitative estimate of drug-likeness (QED) is 0.854. The minimum Gasteiger partial charge on any atom is -0.444 e. The predicted molar refractivity (Wildman–Crippen MR) is 77.4 cm³/mol. The number of hydrogen-bond donors (Lipinski definition) is 1. The Bertz CT molecular complexity index is 456. The maximum atomic E-state index is 12.1. The third-order valence-corrected chi connectivity index (χ3v) is 3.45. The molecule has 1 saturated heterocycles. The molecule has 1 amide bonds. The lowest BCUT2D eigenvalue weighted by Crippen LogP contribution is -2.49. The van der Waals surface area contributed by atoms with E-state index in [2.05, 4.69) is 4.98 Å². The number of rotatable bonds is 1. The van der Waals surface area contributed by atoms with E-state index in [0.717, 1.165) is 12.0 Å². The van der Waals surface area contributed by atoms with E-state index in [4.69, 9.17) is 10.5 Å². The van der Waals surface area contributed by atoms with Crippen molar-refractivity contribution >= 4 is 6.09 Å². The standard InChI is InChI=1S/C15H23N3O2/c1-15(2,3)20-14(19)18-9-6-13(16)12(10-18)11-4-7-17-8-5-11/h4-5,7-8,12-13H,6,9-10,16H2,1-3H3. The van der Waals surface area contributed by atoms with Gasteiger partial charge >= 0.3 is 6.09 Å². The van der Waals surface area contributed by atoms with E-state index in [-0.39, 0.29) is 18.1 Å². The van der Waals surface area contributed by atoms with Crippen molar-refractivity contribution in [1.29, 1.82) is 0 Å². The Balaban J connectivity index is 2.07. The molecule has 0 aliphatic carbocycles. The van der Waals surface area contributed by atoms with E-state index in [1.807, 2.05) is 32.9 Å². The van der Waals surface area contributed by atoms with Gasteiger partial charge in [-0.25, -0.2) is 4.79 Å². The molecule has 2 rings (SSSR count). The van der Waals surface area contributed by atoms with E-state index in [9.17, 15) is 4.79 Å². The molecule has 1 aromatic heterocycles. The van der Waals surface area contributed by atoms with Gasteiger partial charge in [0.05, 0.1) is 0 Å². The second-order valence-corrected chi connectivity index (χ2v) is 6.27. The van der Waals surface area contributed by atoms with Gasteiger partial charge in [0.1, 0.15) is 5.60 Å². The average Bonchev–Trinajstić information content (AvgIpc) is 2.38. The molecule has 0 spiro atoms. The Labute approximate surface area is 120 Å². The van der Waals surface area contributed by atoms with Crippen LogP contribution >= 0.6 is 0 Å². The topological polar surface area (TPSA) is 68.5 Å². The first-order chi connectivity index (χ1) is 9.37. The van der Waals surface area contributed by atoms with Crippen LogP contribution in [0.2, 0.25) is 0 Å². The third kappa shape index (κ3) is 3.70. The van der Waals surface area contributed by atoms with E-state index in [0.29, 0.717) is 13.1 Å². The first kappa shape index (κ1) is 14.8. The lowest BCUT2D eigenvalue weighted by molar-refractivity contribution is 0.0186. The number of amides is 1. The van der Waals surface area contributed by atoms with Gasteiger partial charge in [0.2, 0.25) is 0 Å². The lowest BCUT2D eigenvalue weighted by Gasteiger charge is -2.37. The summed E-state index contributed by atoms with van der Waals surface area (Å²) in [6.45, 7) is 6.88. The van der Waals surface area contributed by atoms with Crippen LogP contribution in [0.5, 0.6) is 0 Å². The van der Waals surface area contributed by atoms with Crippen molar-refractivity contribution in [2.75, 3.05) is 13.1 Å². The second kappa shape index (κ2) is 5.79. The zero-order valence-corrected chi connectivity index (χ0v) is 12.4. The Kier molecular flexibility index (Phi) is 4.28. The van der Waals surface area contributed by atoms with Crippen molar-refractivity contribution in [3.05, 3.63) is 30.1 Å². The fraction of sp³-hybridized carbons (Fsp3) is 0.600. The van der Waals surface area contributed by atoms with E-state index in [1.54, 1.807) is 17.3 Å². The molecule has 20 heavy (non-hydrogen) atoms. The first-order valence-electron chi connectivity index (χ1n) is 7.00. The fourth-order valence-electron chi connectivity index (χ4n) is 2.43. The lowest BCUT2D eigenvalue weighted by atomic mass is 9.87. The maximum Gasteiger partial charge on any atom is 0.410 e. The van der Waals surface area contributed by atoms with E-state index < -0.39 is 5.60 Å². The molecule has 1 aliphatic rings. The minimum atomic E-state index is -0.469. The number of piperidine rings is 1. The van der Waals surface area contributed by atoms with Crippen molar-refractivity contribution < 1.29 is 9.53 Å². The van der Waals surface area contributed by atoms with Crippen LogP contribution in [0.25, 0.3) is 0 Å². The van der Waals surface area contributed by atoms with Crippen LogP contribution in [-0.2, 0) is 4.74 Å². The highest BCUT2D eigenvalue weighted by atomic mass is 16.6.